The number of ketones is 1. The van der Waals surface area contributed by atoms with Gasteiger partial charge < -0.3 is 14.7 Å². The molecule has 1 amide bonds. The number of aliphatic hydroxyl groups is 1. The molecule has 1 aromatic heterocycles. The number of nitrogens with zero attached hydrogens (tertiary/aromatic N) is 2. The first-order chi connectivity index (χ1) is 16.6. The van der Waals surface area contributed by atoms with Crippen LogP contribution in [0.5, 0.6) is 5.75 Å². The molecular weight excluding hydrogens is 428 g/mol. The molecule has 0 spiro atoms. The second-order valence-electron chi connectivity index (χ2n) is 8.06. The smallest absolute Gasteiger partial charge is 0.296 e. The van der Waals surface area contributed by atoms with Gasteiger partial charge in [-0.1, -0.05) is 60.7 Å². The summed E-state index contributed by atoms with van der Waals surface area (Å²) in [4.78, 5) is 32.4. The van der Waals surface area contributed by atoms with E-state index < -0.39 is 17.7 Å². The van der Waals surface area contributed by atoms with E-state index in [2.05, 4.69) is 4.98 Å². The molecule has 1 fully saturated rings. The highest BCUT2D eigenvalue weighted by Gasteiger charge is 2.46. The Morgan fingerprint density at radius 3 is 2.41 bits per heavy atom. The van der Waals surface area contributed by atoms with Gasteiger partial charge in [-0.3, -0.25) is 14.6 Å². The van der Waals surface area contributed by atoms with Crippen molar-refractivity contribution in [3.63, 3.8) is 0 Å². The van der Waals surface area contributed by atoms with E-state index in [4.69, 9.17) is 4.74 Å². The molecule has 0 saturated carbocycles. The van der Waals surface area contributed by atoms with Crippen LogP contribution < -0.4 is 4.74 Å². The predicted molar refractivity (Wildman–Crippen MR) is 129 cm³/mol. The SMILES string of the molecule is COc1ccc(CN2C(=O)C(=O)/C(=C(\O)c3cccc4ccccc34)C2c2ccccn2)cc1. The Kier molecular flexibility index (Phi) is 5.55. The molecule has 3 aromatic carbocycles. The first-order valence-corrected chi connectivity index (χ1v) is 10.9. The molecule has 1 N–H and O–H groups in total. The Labute approximate surface area is 196 Å². The number of hydrogen-bond donors (Lipinski definition) is 1. The lowest BCUT2D eigenvalue weighted by atomic mass is 9.95. The predicted octanol–water partition coefficient (Wildman–Crippen LogP) is 4.87. The zero-order valence-corrected chi connectivity index (χ0v) is 18.5. The molecule has 168 valence electrons. The number of likely N-dealkylation sites (tertiary alicyclic amines) is 1. The van der Waals surface area contributed by atoms with Gasteiger partial charge >= 0.3 is 0 Å². The second kappa shape index (κ2) is 8.83. The highest BCUT2D eigenvalue weighted by Crippen LogP contribution is 2.40. The Morgan fingerprint density at radius 1 is 0.941 bits per heavy atom. The van der Waals surface area contributed by atoms with Gasteiger partial charge in [0.05, 0.1) is 18.4 Å². The van der Waals surface area contributed by atoms with Gasteiger partial charge in [0.15, 0.2) is 0 Å². The van der Waals surface area contributed by atoms with Crippen LogP contribution in [-0.2, 0) is 16.1 Å². The van der Waals surface area contributed by atoms with Crippen LogP contribution in [0.15, 0.2) is 96.7 Å². The van der Waals surface area contributed by atoms with Crippen LogP contribution >= 0.6 is 0 Å². The van der Waals surface area contributed by atoms with Crippen LogP contribution in [0.4, 0.5) is 0 Å². The number of methoxy groups -OCH3 is 1. The average Bonchev–Trinajstić information content (AvgIpc) is 3.14. The van der Waals surface area contributed by atoms with E-state index in [-0.39, 0.29) is 17.9 Å². The van der Waals surface area contributed by atoms with E-state index in [9.17, 15) is 14.7 Å². The molecule has 0 radical (unpaired) electrons. The van der Waals surface area contributed by atoms with Crippen LogP contribution in [0, 0.1) is 0 Å². The molecule has 4 aromatic rings. The minimum absolute atomic E-state index is 0.0357. The Bertz CT molecular complexity index is 1410. The lowest BCUT2D eigenvalue weighted by Gasteiger charge is -2.24. The molecule has 1 saturated heterocycles. The van der Waals surface area contributed by atoms with Crippen molar-refractivity contribution in [2.45, 2.75) is 12.6 Å². The summed E-state index contributed by atoms with van der Waals surface area (Å²) in [7, 11) is 1.59. The number of aliphatic hydroxyl groups excluding tert-OH is 1. The lowest BCUT2D eigenvalue weighted by Crippen LogP contribution is -2.29. The molecule has 6 heteroatoms. The van der Waals surface area contributed by atoms with Gasteiger partial charge in [0, 0.05) is 18.3 Å². The van der Waals surface area contributed by atoms with Gasteiger partial charge in [-0.05, 0) is 40.6 Å². The first-order valence-electron chi connectivity index (χ1n) is 10.9. The third-order valence-electron chi connectivity index (χ3n) is 6.06. The third kappa shape index (κ3) is 3.69. The summed E-state index contributed by atoms with van der Waals surface area (Å²) in [6.45, 7) is 0.183. The van der Waals surface area contributed by atoms with Crippen molar-refractivity contribution in [2.24, 2.45) is 0 Å². The fourth-order valence-corrected chi connectivity index (χ4v) is 4.39. The molecule has 6 nitrogen and oxygen atoms in total. The van der Waals surface area contributed by atoms with E-state index in [1.165, 1.54) is 4.90 Å². The van der Waals surface area contributed by atoms with Crippen molar-refractivity contribution in [2.75, 3.05) is 7.11 Å². The van der Waals surface area contributed by atoms with E-state index in [0.717, 1.165) is 16.3 Å². The van der Waals surface area contributed by atoms with Gasteiger partial charge in [-0.15, -0.1) is 0 Å². The summed E-state index contributed by atoms with van der Waals surface area (Å²) in [5.74, 6) is -0.908. The van der Waals surface area contributed by atoms with Crippen molar-refractivity contribution in [3.8, 4) is 5.75 Å². The average molecular weight is 450 g/mol. The molecule has 1 aliphatic heterocycles. The summed E-state index contributed by atoms with van der Waals surface area (Å²) in [5, 5.41) is 13.1. The summed E-state index contributed by atoms with van der Waals surface area (Å²) < 4.78 is 5.22. The van der Waals surface area contributed by atoms with Crippen molar-refractivity contribution in [1.82, 2.24) is 9.88 Å². The van der Waals surface area contributed by atoms with Gasteiger partial charge in [-0.25, -0.2) is 0 Å². The van der Waals surface area contributed by atoms with Crippen molar-refractivity contribution in [3.05, 3.63) is 114 Å². The van der Waals surface area contributed by atoms with Crippen LogP contribution in [-0.4, -0.2) is 33.8 Å². The molecule has 2 heterocycles. The highest BCUT2D eigenvalue weighted by molar-refractivity contribution is 6.46. The van der Waals surface area contributed by atoms with Gasteiger partial charge in [0.25, 0.3) is 11.7 Å². The van der Waals surface area contributed by atoms with Crippen LogP contribution in [0.1, 0.15) is 22.9 Å². The summed E-state index contributed by atoms with van der Waals surface area (Å²) in [5.41, 5.74) is 1.88. The Balaban J connectivity index is 1.66. The second-order valence-corrected chi connectivity index (χ2v) is 8.06. The number of carbonyl (C=O) groups excluding carboxylic acids is 2. The maximum Gasteiger partial charge on any atom is 0.296 e. The summed E-state index contributed by atoms with van der Waals surface area (Å²) >= 11 is 0. The topological polar surface area (TPSA) is 79.7 Å². The van der Waals surface area contributed by atoms with Crippen molar-refractivity contribution in [1.29, 1.82) is 0 Å². The molecule has 1 unspecified atom stereocenters. The Hall–Kier alpha value is -4.45. The molecule has 5 rings (SSSR count). The van der Waals surface area contributed by atoms with E-state index >= 15 is 0 Å². The normalized spacial score (nSPS) is 17.3. The minimum atomic E-state index is -0.817. The zero-order valence-electron chi connectivity index (χ0n) is 18.5. The maximum atomic E-state index is 13.3. The van der Waals surface area contributed by atoms with E-state index in [1.807, 2.05) is 48.5 Å². The van der Waals surface area contributed by atoms with Crippen LogP contribution in [0.3, 0.4) is 0 Å². The molecular formula is C28H22N2O4. The van der Waals surface area contributed by atoms with Gasteiger partial charge in [-0.2, -0.15) is 0 Å². The van der Waals surface area contributed by atoms with Gasteiger partial charge in [0.1, 0.15) is 17.6 Å². The Morgan fingerprint density at radius 2 is 1.68 bits per heavy atom. The molecule has 1 atom stereocenters. The number of benzene rings is 3. The molecule has 0 bridgehead atoms. The number of rotatable bonds is 5. The number of fused-ring (bicyclic) bond motifs is 1. The quantitative estimate of drug-likeness (QED) is 0.267. The lowest BCUT2D eigenvalue weighted by molar-refractivity contribution is -0.140. The number of carbonyl (C=O) groups is 2. The summed E-state index contributed by atoms with van der Waals surface area (Å²) in [6, 6.07) is 24.9. The number of pyridine rings is 1. The van der Waals surface area contributed by atoms with E-state index in [0.29, 0.717) is 17.0 Å². The van der Waals surface area contributed by atoms with Crippen molar-refractivity contribution < 1.29 is 19.4 Å². The number of ether oxygens (including phenoxy) is 1. The molecule has 34 heavy (non-hydrogen) atoms. The van der Waals surface area contributed by atoms with E-state index in [1.54, 1.807) is 49.7 Å². The van der Waals surface area contributed by atoms with Crippen molar-refractivity contribution >= 4 is 28.2 Å². The third-order valence-corrected chi connectivity index (χ3v) is 6.06. The van der Waals surface area contributed by atoms with Gasteiger partial charge in [0.2, 0.25) is 0 Å². The highest BCUT2D eigenvalue weighted by atomic mass is 16.5. The number of amides is 1. The monoisotopic (exact) mass is 450 g/mol. The van der Waals surface area contributed by atoms with Crippen LogP contribution in [0.25, 0.3) is 16.5 Å². The molecule has 1 aliphatic rings. The molecule has 0 aliphatic carbocycles. The maximum absolute atomic E-state index is 13.3. The minimum Gasteiger partial charge on any atom is -0.507 e. The zero-order chi connectivity index (χ0) is 23.7. The standard InChI is InChI=1S/C28H22N2O4/c1-34-20-14-12-18(13-15-20)17-30-25(23-11-4-5-16-29-23)24(27(32)28(30)33)26(31)22-10-6-8-19-7-2-3-9-21(19)22/h2-16,25,31H,17H2,1H3/b26-24-. The number of aromatic nitrogens is 1. The fourth-order valence-electron chi connectivity index (χ4n) is 4.39. The largest absolute Gasteiger partial charge is 0.507 e. The number of Topliss-reactive ketones (excluding diaryl/α,β-unsaturated/α-hetero) is 1. The fraction of sp³-hybridized carbons (Fsp3) is 0.107. The van der Waals surface area contributed by atoms with Crippen LogP contribution in [0.2, 0.25) is 0 Å². The first kappa shape index (κ1) is 21.4. The summed E-state index contributed by atoms with van der Waals surface area (Å²) in [6.07, 6.45) is 1.61. The number of hydrogen-bond acceptors (Lipinski definition) is 5.